The van der Waals surface area contributed by atoms with Gasteiger partial charge in [-0.3, -0.25) is 0 Å². The Hall–Kier alpha value is -3.12. The van der Waals surface area contributed by atoms with Crippen molar-refractivity contribution in [2.45, 2.75) is 58.8 Å². The maximum Gasteiger partial charge on any atom is 0.338 e. The molecular formula is C28H34N2O3S. The molecular weight excluding hydrogens is 444 g/mol. The third-order valence-electron chi connectivity index (χ3n) is 5.47. The predicted octanol–water partition coefficient (Wildman–Crippen LogP) is 7.22. The summed E-state index contributed by atoms with van der Waals surface area (Å²) in [4.78, 5) is 17.2. The first-order chi connectivity index (χ1) is 15.9. The van der Waals surface area contributed by atoms with Crippen LogP contribution in [0.1, 0.15) is 68.6 Å². The first kappa shape index (κ1) is 25.5. The number of phenols is 1. The fourth-order valence-electron chi connectivity index (χ4n) is 3.52. The second-order valence-electron chi connectivity index (χ2n) is 10.4. The van der Waals surface area contributed by atoms with E-state index in [0.717, 1.165) is 27.4 Å². The Morgan fingerprint density at radius 1 is 1.03 bits per heavy atom. The number of anilines is 1. The van der Waals surface area contributed by atoms with Crippen molar-refractivity contribution in [2.24, 2.45) is 4.99 Å². The highest BCUT2D eigenvalue weighted by molar-refractivity contribution is 7.13. The number of aromatic hydroxyl groups is 1. The van der Waals surface area contributed by atoms with Gasteiger partial charge in [-0.15, -0.1) is 11.3 Å². The van der Waals surface area contributed by atoms with E-state index in [0.29, 0.717) is 12.0 Å². The van der Waals surface area contributed by atoms with Crippen molar-refractivity contribution >= 4 is 34.3 Å². The van der Waals surface area contributed by atoms with Crippen molar-refractivity contribution in [1.82, 2.24) is 0 Å². The summed E-state index contributed by atoms with van der Waals surface area (Å²) >= 11 is 1.58. The topological polar surface area (TPSA) is 70.9 Å². The molecule has 2 aromatic carbocycles. The van der Waals surface area contributed by atoms with Crippen LogP contribution in [0.3, 0.4) is 0 Å². The monoisotopic (exact) mass is 478 g/mol. The van der Waals surface area contributed by atoms with E-state index in [9.17, 15) is 9.90 Å². The quantitative estimate of drug-likeness (QED) is 0.214. The molecule has 0 unspecified atom stereocenters. The van der Waals surface area contributed by atoms with Crippen LogP contribution in [-0.4, -0.2) is 24.0 Å². The summed E-state index contributed by atoms with van der Waals surface area (Å²) in [6.07, 6.45) is 2.30. The number of carbonyl (C=O) groups excluding carboxylic acids is 1. The molecule has 0 bridgehead atoms. The van der Waals surface area contributed by atoms with E-state index in [4.69, 9.17) is 4.74 Å². The Kier molecular flexibility index (Phi) is 7.82. The van der Waals surface area contributed by atoms with Crippen LogP contribution in [0.2, 0.25) is 0 Å². The minimum Gasteiger partial charge on any atom is -0.507 e. The summed E-state index contributed by atoms with van der Waals surface area (Å²) in [6.45, 7) is 12.4. The number of carbonyl (C=O) groups is 1. The Labute approximate surface area is 206 Å². The summed E-state index contributed by atoms with van der Waals surface area (Å²) in [5.74, 6) is -0.121. The minimum atomic E-state index is -0.376. The summed E-state index contributed by atoms with van der Waals surface area (Å²) < 4.78 is 5.59. The SMILES string of the molecule is CC(C)(C)c1cc(C(=O)OCCc2ccc(N/C=N/c3cccs3)cc2)cc(C(C)(C)C)c1O. The summed E-state index contributed by atoms with van der Waals surface area (Å²) in [7, 11) is 0. The molecule has 0 spiro atoms. The Morgan fingerprint density at radius 2 is 1.65 bits per heavy atom. The molecule has 0 fully saturated rings. The molecule has 2 N–H and O–H groups in total. The minimum absolute atomic E-state index is 0.255. The molecule has 0 radical (unpaired) electrons. The molecule has 180 valence electrons. The van der Waals surface area contributed by atoms with E-state index in [1.807, 2.05) is 83.3 Å². The van der Waals surface area contributed by atoms with Crippen molar-refractivity contribution in [3.05, 3.63) is 76.2 Å². The Balaban J connectivity index is 1.61. The van der Waals surface area contributed by atoms with Gasteiger partial charge in [0.05, 0.1) is 18.5 Å². The number of rotatable bonds is 7. The van der Waals surface area contributed by atoms with Crippen LogP contribution >= 0.6 is 11.3 Å². The van der Waals surface area contributed by atoms with Crippen LogP contribution in [0.5, 0.6) is 5.75 Å². The lowest BCUT2D eigenvalue weighted by molar-refractivity contribution is 0.0509. The van der Waals surface area contributed by atoms with Crippen LogP contribution in [0.4, 0.5) is 10.7 Å². The van der Waals surface area contributed by atoms with Crippen LogP contribution in [0, 0.1) is 0 Å². The Bertz CT molecular complexity index is 1100. The number of esters is 1. The van der Waals surface area contributed by atoms with Gasteiger partial charge in [0.25, 0.3) is 0 Å². The van der Waals surface area contributed by atoms with E-state index < -0.39 is 0 Å². The van der Waals surface area contributed by atoms with Gasteiger partial charge in [0.15, 0.2) is 0 Å². The third-order valence-corrected chi connectivity index (χ3v) is 6.24. The van der Waals surface area contributed by atoms with Crippen LogP contribution < -0.4 is 5.32 Å². The third kappa shape index (κ3) is 6.70. The van der Waals surface area contributed by atoms with Crippen LogP contribution in [0.15, 0.2) is 58.9 Å². The van der Waals surface area contributed by atoms with Gasteiger partial charge in [0.2, 0.25) is 0 Å². The average Bonchev–Trinajstić information content (AvgIpc) is 3.27. The zero-order valence-corrected chi connectivity index (χ0v) is 21.6. The lowest BCUT2D eigenvalue weighted by atomic mass is 9.78. The average molecular weight is 479 g/mol. The van der Waals surface area contributed by atoms with E-state index in [1.165, 1.54) is 0 Å². The van der Waals surface area contributed by atoms with Crippen LogP contribution in [0.25, 0.3) is 0 Å². The molecule has 6 heteroatoms. The molecule has 0 amide bonds. The maximum absolute atomic E-state index is 12.8. The molecule has 3 aromatic rings. The number of aliphatic imine (C=N–C) groups is 1. The fraction of sp³-hybridized carbons (Fsp3) is 0.357. The number of hydrogen-bond acceptors (Lipinski definition) is 5. The van der Waals surface area contributed by atoms with Gasteiger partial charge in [0, 0.05) is 23.2 Å². The highest BCUT2D eigenvalue weighted by Gasteiger charge is 2.28. The summed E-state index contributed by atoms with van der Waals surface area (Å²) in [6, 6.07) is 15.4. The molecule has 34 heavy (non-hydrogen) atoms. The smallest absolute Gasteiger partial charge is 0.338 e. The number of ether oxygens (including phenoxy) is 1. The maximum atomic E-state index is 12.8. The van der Waals surface area contributed by atoms with Gasteiger partial charge in [-0.2, -0.15) is 0 Å². The predicted molar refractivity (Wildman–Crippen MR) is 142 cm³/mol. The highest BCUT2D eigenvalue weighted by Crippen LogP contribution is 2.39. The number of phenolic OH excluding ortho intramolecular Hbond substituents is 1. The van der Waals surface area contributed by atoms with Crippen molar-refractivity contribution in [3.63, 3.8) is 0 Å². The van der Waals surface area contributed by atoms with E-state index in [-0.39, 0.29) is 29.2 Å². The normalized spacial score (nSPS) is 12.2. The summed E-state index contributed by atoms with van der Waals surface area (Å²) in [5.41, 5.74) is 3.38. The lowest BCUT2D eigenvalue weighted by Gasteiger charge is -2.28. The largest absolute Gasteiger partial charge is 0.507 e. The Morgan fingerprint density at radius 3 is 2.18 bits per heavy atom. The molecule has 0 aliphatic rings. The molecule has 0 aliphatic heterocycles. The zero-order chi connectivity index (χ0) is 24.9. The van der Waals surface area contributed by atoms with Gasteiger partial charge in [-0.25, -0.2) is 9.79 Å². The van der Waals surface area contributed by atoms with Crippen molar-refractivity contribution in [3.8, 4) is 5.75 Å². The van der Waals surface area contributed by atoms with Crippen molar-refractivity contribution in [1.29, 1.82) is 0 Å². The van der Waals surface area contributed by atoms with Crippen molar-refractivity contribution < 1.29 is 14.6 Å². The lowest BCUT2D eigenvalue weighted by Crippen LogP contribution is -2.19. The number of nitrogens with zero attached hydrogens (tertiary/aromatic N) is 1. The fourth-order valence-corrected chi connectivity index (χ4v) is 4.09. The molecule has 0 saturated heterocycles. The number of thiophene rings is 1. The molecule has 0 aliphatic carbocycles. The molecule has 1 heterocycles. The van der Waals surface area contributed by atoms with Gasteiger partial charge in [-0.05, 0) is 58.2 Å². The number of nitrogens with one attached hydrogen (secondary N) is 1. The van der Waals surface area contributed by atoms with Crippen molar-refractivity contribution in [2.75, 3.05) is 11.9 Å². The van der Waals surface area contributed by atoms with Gasteiger partial charge < -0.3 is 15.2 Å². The van der Waals surface area contributed by atoms with E-state index >= 15 is 0 Å². The molecule has 3 rings (SSSR count). The first-order valence-electron chi connectivity index (χ1n) is 11.4. The second kappa shape index (κ2) is 10.4. The molecule has 0 saturated carbocycles. The number of hydrogen-bond donors (Lipinski definition) is 2. The molecule has 1 aromatic heterocycles. The molecule has 5 nitrogen and oxygen atoms in total. The standard InChI is InChI=1S/C28H34N2O3S/c1-27(2,3)22-16-20(17-23(25(22)31)28(4,5)6)26(32)33-14-13-19-9-11-21(12-10-19)29-18-30-24-8-7-15-34-24/h7-12,15-18,31H,13-14H2,1-6H3,(H,29,30). The second-order valence-corrected chi connectivity index (χ2v) is 11.3. The zero-order valence-electron chi connectivity index (χ0n) is 20.8. The van der Waals surface area contributed by atoms with Gasteiger partial charge in [-0.1, -0.05) is 53.7 Å². The summed E-state index contributed by atoms with van der Waals surface area (Å²) in [5, 5.41) is 16.9. The highest BCUT2D eigenvalue weighted by atomic mass is 32.1. The van der Waals surface area contributed by atoms with E-state index in [2.05, 4.69) is 10.3 Å². The van der Waals surface area contributed by atoms with Gasteiger partial charge >= 0.3 is 5.97 Å². The van der Waals surface area contributed by atoms with Crippen LogP contribution in [-0.2, 0) is 22.0 Å². The molecule has 0 atom stereocenters. The first-order valence-corrected chi connectivity index (χ1v) is 12.3. The number of benzene rings is 2. The van der Waals surface area contributed by atoms with Gasteiger partial charge in [0.1, 0.15) is 10.8 Å². The van der Waals surface area contributed by atoms with E-state index in [1.54, 1.807) is 29.8 Å².